The number of nitrogens with zero attached hydrogens (tertiary/aromatic N) is 1. The lowest BCUT2D eigenvalue weighted by molar-refractivity contribution is 0.0952. The molecule has 3 rings (SSSR count). The van der Waals surface area contributed by atoms with Gasteiger partial charge in [0.25, 0.3) is 5.91 Å². The summed E-state index contributed by atoms with van der Waals surface area (Å²) in [5.41, 5.74) is 2.21. The summed E-state index contributed by atoms with van der Waals surface area (Å²) in [6.07, 6.45) is 1.64. The van der Waals surface area contributed by atoms with Crippen LogP contribution in [-0.2, 0) is 6.54 Å². The lowest BCUT2D eigenvalue weighted by Gasteiger charge is -2.11. The van der Waals surface area contributed by atoms with E-state index in [2.05, 4.69) is 10.3 Å². The van der Waals surface area contributed by atoms with Crippen LogP contribution in [0.2, 0.25) is 5.02 Å². The van der Waals surface area contributed by atoms with Crippen LogP contribution in [0, 0.1) is 0 Å². The van der Waals surface area contributed by atoms with Crippen LogP contribution in [-0.4, -0.2) is 18.0 Å². The molecular formula is C18H15ClN2O2. The third-order valence-corrected chi connectivity index (χ3v) is 3.81. The molecule has 0 saturated carbocycles. The van der Waals surface area contributed by atoms with Crippen LogP contribution in [0.15, 0.2) is 54.7 Å². The maximum absolute atomic E-state index is 12.5. The second kappa shape index (κ2) is 6.67. The van der Waals surface area contributed by atoms with E-state index in [0.29, 0.717) is 22.9 Å². The van der Waals surface area contributed by atoms with Gasteiger partial charge in [0, 0.05) is 28.7 Å². The SMILES string of the molecule is COc1ccc(Cl)cc1CNC(=O)c1ccnc2ccccc12. The van der Waals surface area contributed by atoms with E-state index in [1.54, 1.807) is 37.6 Å². The Balaban J connectivity index is 1.83. The Morgan fingerprint density at radius 2 is 2.04 bits per heavy atom. The van der Waals surface area contributed by atoms with Gasteiger partial charge in [-0.2, -0.15) is 0 Å². The Morgan fingerprint density at radius 3 is 2.87 bits per heavy atom. The molecule has 0 fully saturated rings. The minimum Gasteiger partial charge on any atom is -0.496 e. The zero-order valence-electron chi connectivity index (χ0n) is 12.5. The lowest BCUT2D eigenvalue weighted by Crippen LogP contribution is -2.23. The quantitative estimate of drug-likeness (QED) is 0.792. The number of carbonyl (C=O) groups is 1. The van der Waals surface area contributed by atoms with Crippen molar-refractivity contribution in [3.05, 3.63) is 70.9 Å². The van der Waals surface area contributed by atoms with Crippen LogP contribution < -0.4 is 10.1 Å². The zero-order valence-corrected chi connectivity index (χ0v) is 13.3. The van der Waals surface area contributed by atoms with E-state index < -0.39 is 0 Å². The van der Waals surface area contributed by atoms with Gasteiger partial charge in [0.1, 0.15) is 5.75 Å². The van der Waals surface area contributed by atoms with Gasteiger partial charge in [0.15, 0.2) is 0 Å². The standard InChI is InChI=1S/C18H15ClN2O2/c1-23-17-7-6-13(19)10-12(17)11-21-18(22)15-8-9-20-16-5-3-2-4-14(15)16/h2-10H,11H2,1H3,(H,21,22). The number of halogens is 1. The van der Waals surface area contributed by atoms with E-state index in [0.717, 1.165) is 16.5 Å². The van der Waals surface area contributed by atoms with Crippen molar-refractivity contribution in [1.29, 1.82) is 0 Å². The molecule has 0 bridgehead atoms. The van der Waals surface area contributed by atoms with Crippen molar-refractivity contribution in [2.75, 3.05) is 7.11 Å². The molecule has 0 aliphatic rings. The second-order valence-corrected chi connectivity index (χ2v) is 5.45. The summed E-state index contributed by atoms with van der Waals surface area (Å²) in [5, 5.41) is 4.33. The number of pyridine rings is 1. The minimum absolute atomic E-state index is 0.161. The van der Waals surface area contributed by atoms with Gasteiger partial charge in [-0.1, -0.05) is 29.8 Å². The molecule has 0 atom stereocenters. The number of hydrogen-bond donors (Lipinski definition) is 1. The van der Waals surface area contributed by atoms with Crippen LogP contribution in [0.25, 0.3) is 10.9 Å². The van der Waals surface area contributed by atoms with Gasteiger partial charge < -0.3 is 10.1 Å². The summed E-state index contributed by atoms with van der Waals surface area (Å²) in [5.74, 6) is 0.528. The first-order chi connectivity index (χ1) is 11.2. The van der Waals surface area contributed by atoms with E-state index in [9.17, 15) is 4.79 Å². The molecule has 1 heterocycles. The molecule has 5 heteroatoms. The molecule has 0 aliphatic carbocycles. The maximum atomic E-state index is 12.5. The van der Waals surface area contributed by atoms with E-state index >= 15 is 0 Å². The molecule has 0 spiro atoms. The molecule has 1 aromatic heterocycles. The first kappa shape index (κ1) is 15.3. The molecule has 116 valence electrons. The number of benzene rings is 2. The summed E-state index contributed by atoms with van der Waals surface area (Å²) in [7, 11) is 1.59. The summed E-state index contributed by atoms with van der Waals surface area (Å²) in [6.45, 7) is 0.333. The second-order valence-electron chi connectivity index (χ2n) is 5.01. The van der Waals surface area contributed by atoms with E-state index in [1.165, 1.54) is 0 Å². The number of aromatic nitrogens is 1. The average Bonchev–Trinajstić information content (AvgIpc) is 2.59. The highest BCUT2D eigenvalue weighted by molar-refractivity contribution is 6.30. The van der Waals surface area contributed by atoms with Crippen LogP contribution in [0.5, 0.6) is 5.75 Å². The molecule has 2 aromatic carbocycles. The third kappa shape index (κ3) is 3.27. The number of carbonyl (C=O) groups excluding carboxylic acids is 1. The van der Waals surface area contributed by atoms with Crippen molar-refractivity contribution >= 4 is 28.4 Å². The number of hydrogen-bond acceptors (Lipinski definition) is 3. The first-order valence-corrected chi connectivity index (χ1v) is 7.51. The monoisotopic (exact) mass is 326 g/mol. The first-order valence-electron chi connectivity index (χ1n) is 7.13. The van der Waals surface area contributed by atoms with Crippen molar-refractivity contribution in [2.24, 2.45) is 0 Å². The van der Waals surface area contributed by atoms with Gasteiger partial charge in [-0.25, -0.2) is 0 Å². The van der Waals surface area contributed by atoms with E-state index in [4.69, 9.17) is 16.3 Å². The predicted molar refractivity (Wildman–Crippen MR) is 90.9 cm³/mol. The molecule has 0 radical (unpaired) electrons. The summed E-state index contributed by atoms with van der Waals surface area (Å²) in [4.78, 5) is 16.8. The van der Waals surface area contributed by atoms with Crippen LogP contribution in [0.1, 0.15) is 15.9 Å². The summed E-state index contributed by atoms with van der Waals surface area (Å²) >= 11 is 6.01. The topological polar surface area (TPSA) is 51.2 Å². The van der Waals surface area contributed by atoms with Crippen molar-refractivity contribution in [1.82, 2.24) is 10.3 Å². The lowest BCUT2D eigenvalue weighted by atomic mass is 10.1. The highest BCUT2D eigenvalue weighted by atomic mass is 35.5. The minimum atomic E-state index is -0.161. The Hall–Kier alpha value is -2.59. The fraction of sp³-hybridized carbons (Fsp3) is 0.111. The van der Waals surface area contributed by atoms with Crippen molar-refractivity contribution < 1.29 is 9.53 Å². The number of ether oxygens (including phenoxy) is 1. The fourth-order valence-corrected chi connectivity index (χ4v) is 2.64. The molecule has 3 aromatic rings. The van der Waals surface area contributed by atoms with Gasteiger partial charge in [0.2, 0.25) is 0 Å². The Kier molecular flexibility index (Phi) is 4.44. The molecular weight excluding hydrogens is 312 g/mol. The number of rotatable bonds is 4. The maximum Gasteiger partial charge on any atom is 0.252 e. The van der Waals surface area contributed by atoms with Gasteiger partial charge in [0.05, 0.1) is 18.2 Å². The third-order valence-electron chi connectivity index (χ3n) is 3.58. The molecule has 4 nitrogen and oxygen atoms in total. The predicted octanol–water partition coefficient (Wildman–Crippen LogP) is 3.83. The van der Waals surface area contributed by atoms with Gasteiger partial charge in [-0.15, -0.1) is 0 Å². The van der Waals surface area contributed by atoms with Gasteiger partial charge in [-0.3, -0.25) is 9.78 Å². The van der Waals surface area contributed by atoms with Crippen LogP contribution >= 0.6 is 11.6 Å². The number of amides is 1. The molecule has 1 amide bonds. The van der Waals surface area contributed by atoms with Gasteiger partial charge in [-0.05, 0) is 30.3 Å². The highest BCUT2D eigenvalue weighted by Crippen LogP contribution is 2.23. The summed E-state index contributed by atoms with van der Waals surface area (Å²) in [6, 6.07) is 14.6. The average molecular weight is 327 g/mol. The number of methoxy groups -OCH3 is 1. The normalized spacial score (nSPS) is 10.5. The largest absolute Gasteiger partial charge is 0.496 e. The smallest absolute Gasteiger partial charge is 0.252 e. The van der Waals surface area contributed by atoms with Gasteiger partial charge >= 0.3 is 0 Å². The number of fused-ring (bicyclic) bond motifs is 1. The summed E-state index contributed by atoms with van der Waals surface area (Å²) < 4.78 is 5.29. The molecule has 23 heavy (non-hydrogen) atoms. The Bertz CT molecular complexity index is 859. The van der Waals surface area contributed by atoms with E-state index in [1.807, 2.05) is 24.3 Å². The van der Waals surface area contributed by atoms with Crippen molar-refractivity contribution in [2.45, 2.75) is 6.54 Å². The van der Waals surface area contributed by atoms with Crippen LogP contribution in [0.4, 0.5) is 0 Å². The number of para-hydroxylation sites is 1. The molecule has 0 saturated heterocycles. The molecule has 0 aliphatic heterocycles. The Labute approximate surface area is 139 Å². The van der Waals surface area contributed by atoms with E-state index in [-0.39, 0.29) is 5.91 Å². The zero-order chi connectivity index (χ0) is 16.2. The van der Waals surface area contributed by atoms with Crippen molar-refractivity contribution in [3.63, 3.8) is 0 Å². The fourth-order valence-electron chi connectivity index (χ4n) is 2.45. The van der Waals surface area contributed by atoms with Crippen molar-refractivity contribution in [3.8, 4) is 5.75 Å². The molecule has 0 unspecified atom stereocenters. The number of nitrogens with one attached hydrogen (secondary N) is 1. The van der Waals surface area contributed by atoms with Crippen LogP contribution in [0.3, 0.4) is 0 Å². The molecule has 1 N–H and O–H groups in total. The highest BCUT2D eigenvalue weighted by Gasteiger charge is 2.11. The Morgan fingerprint density at radius 1 is 1.22 bits per heavy atom.